The van der Waals surface area contributed by atoms with E-state index in [-0.39, 0.29) is 0 Å². The van der Waals surface area contributed by atoms with Gasteiger partial charge in [0.2, 0.25) is 0 Å². The Balaban J connectivity index is 3.42. The topological polar surface area (TPSA) is 0 Å². The molecular weight excluding hydrogens is 96.1 g/mol. The monoisotopic (exact) mass is 109 g/mol. The van der Waals surface area contributed by atoms with Gasteiger partial charge in [0.15, 0.2) is 0 Å². The van der Waals surface area contributed by atoms with Gasteiger partial charge in [-0.3, -0.25) is 0 Å². The number of hydrogen-bond donors (Lipinski definition) is 0. The Morgan fingerprint density at radius 3 is 2.50 bits per heavy atom. The average molecular weight is 109 g/mol. The second-order valence-corrected chi connectivity index (χ2v) is 1.95. The molecule has 0 aromatic carbocycles. The zero-order valence-electron chi connectivity index (χ0n) is 5.86. The highest BCUT2D eigenvalue weighted by molar-refractivity contribution is 5.00. The van der Waals surface area contributed by atoms with Crippen molar-refractivity contribution in [2.24, 2.45) is 0 Å². The van der Waals surface area contributed by atoms with E-state index in [9.17, 15) is 0 Å². The van der Waals surface area contributed by atoms with Crippen LogP contribution in [0.5, 0.6) is 0 Å². The van der Waals surface area contributed by atoms with E-state index in [1.165, 1.54) is 5.57 Å². The Morgan fingerprint density at radius 1 is 1.50 bits per heavy atom. The summed E-state index contributed by atoms with van der Waals surface area (Å²) in [5, 5.41) is 0. The summed E-state index contributed by atoms with van der Waals surface area (Å²) in [5.74, 6) is 0. The molecule has 0 saturated carbocycles. The van der Waals surface area contributed by atoms with Crippen molar-refractivity contribution < 1.29 is 0 Å². The Bertz CT molecular complexity index is 92.6. The van der Waals surface area contributed by atoms with Gasteiger partial charge in [0.25, 0.3) is 0 Å². The molecule has 0 rings (SSSR count). The van der Waals surface area contributed by atoms with Crippen LogP contribution in [0.15, 0.2) is 17.7 Å². The van der Waals surface area contributed by atoms with E-state index in [0.717, 1.165) is 6.42 Å². The van der Waals surface area contributed by atoms with Crippen molar-refractivity contribution in [1.82, 2.24) is 0 Å². The Hall–Kier alpha value is -0.520. The highest BCUT2D eigenvalue weighted by Crippen LogP contribution is 1.87. The molecule has 0 fully saturated rings. The fourth-order valence-corrected chi connectivity index (χ4v) is 0.343. The van der Waals surface area contributed by atoms with E-state index < -0.39 is 0 Å². The van der Waals surface area contributed by atoms with E-state index in [1.54, 1.807) is 0 Å². The molecule has 0 aliphatic rings. The van der Waals surface area contributed by atoms with Crippen molar-refractivity contribution in [2.45, 2.75) is 27.2 Å². The van der Waals surface area contributed by atoms with Gasteiger partial charge in [-0.25, -0.2) is 0 Å². The van der Waals surface area contributed by atoms with Gasteiger partial charge in [-0.05, 0) is 26.3 Å². The fourth-order valence-electron chi connectivity index (χ4n) is 0.343. The third-order valence-corrected chi connectivity index (χ3v) is 0.726. The summed E-state index contributed by atoms with van der Waals surface area (Å²) in [7, 11) is 0. The minimum absolute atomic E-state index is 1.10. The van der Waals surface area contributed by atoms with Crippen molar-refractivity contribution >= 4 is 0 Å². The molecule has 0 unspecified atom stereocenters. The molecule has 0 heterocycles. The van der Waals surface area contributed by atoms with Gasteiger partial charge in [0.05, 0.1) is 0 Å². The molecule has 0 bridgehead atoms. The molecule has 1 radical (unpaired) electrons. The fraction of sp³-hybridized carbons (Fsp3) is 0.500. The van der Waals surface area contributed by atoms with Gasteiger partial charge in [-0.1, -0.05) is 24.6 Å². The van der Waals surface area contributed by atoms with Crippen LogP contribution in [0.2, 0.25) is 0 Å². The maximum absolute atomic E-state index is 3.08. The highest BCUT2D eigenvalue weighted by Gasteiger charge is 1.68. The van der Waals surface area contributed by atoms with Crippen LogP contribution in [0.4, 0.5) is 0 Å². The van der Waals surface area contributed by atoms with Gasteiger partial charge in [0, 0.05) is 0 Å². The Labute approximate surface area is 51.9 Å². The lowest BCUT2D eigenvalue weighted by atomic mass is 10.3. The third kappa shape index (κ3) is 5.48. The molecule has 0 saturated heterocycles. The second kappa shape index (κ2) is 4.63. The van der Waals surface area contributed by atoms with Crippen molar-refractivity contribution in [3.8, 4) is 0 Å². The minimum Gasteiger partial charge on any atom is -0.0842 e. The summed E-state index contributed by atoms with van der Waals surface area (Å²) in [6.45, 7) is 6.20. The van der Waals surface area contributed by atoms with Crippen LogP contribution in [0.3, 0.4) is 0 Å². The first kappa shape index (κ1) is 7.48. The number of hydrogen-bond acceptors (Lipinski definition) is 0. The van der Waals surface area contributed by atoms with E-state index in [2.05, 4.69) is 19.1 Å². The lowest BCUT2D eigenvalue weighted by Gasteiger charge is -1.78. The van der Waals surface area contributed by atoms with Gasteiger partial charge in [0.1, 0.15) is 0 Å². The lowest BCUT2D eigenvalue weighted by Crippen LogP contribution is -1.59. The first-order valence-corrected chi connectivity index (χ1v) is 2.99. The van der Waals surface area contributed by atoms with Crippen LogP contribution < -0.4 is 0 Å². The molecule has 0 aromatic heterocycles. The molecule has 0 N–H and O–H groups in total. The molecule has 0 spiro atoms. The van der Waals surface area contributed by atoms with Gasteiger partial charge >= 0.3 is 0 Å². The van der Waals surface area contributed by atoms with E-state index in [0.29, 0.717) is 0 Å². The first-order valence-electron chi connectivity index (χ1n) is 2.99. The van der Waals surface area contributed by atoms with E-state index >= 15 is 0 Å². The Morgan fingerprint density at radius 2 is 2.12 bits per heavy atom. The minimum atomic E-state index is 1.10. The van der Waals surface area contributed by atoms with Gasteiger partial charge in [-0.2, -0.15) is 0 Å². The molecule has 0 amide bonds. The Kier molecular flexibility index (Phi) is 4.33. The zero-order valence-corrected chi connectivity index (χ0v) is 5.86. The van der Waals surface area contributed by atoms with Crippen molar-refractivity contribution in [2.75, 3.05) is 0 Å². The quantitative estimate of drug-likeness (QED) is 0.478. The number of allylic oxidation sites excluding steroid dienone is 4. The summed E-state index contributed by atoms with van der Waals surface area (Å²) in [4.78, 5) is 0. The lowest BCUT2D eigenvalue weighted by molar-refractivity contribution is 1.22. The SMILES string of the molecule is CCC=C[C]=C(C)C. The number of rotatable bonds is 2. The molecule has 0 aliphatic carbocycles. The van der Waals surface area contributed by atoms with Crippen LogP contribution in [0.1, 0.15) is 27.2 Å². The molecule has 8 heavy (non-hydrogen) atoms. The molecule has 0 nitrogen and oxygen atoms in total. The summed E-state index contributed by atoms with van der Waals surface area (Å²) in [6, 6.07) is 0. The summed E-state index contributed by atoms with van der Waals surface area (Å²) in [6.07, 6.45) is 8.24. The van der Waals surface area contributed by atoms with Gasteiger partial charge in [-0.15, -0.1) is 0 Å². The van der Waals surface area contributed by atoms with Crippen molar-refractivity contribution in [1.29, 1.82) is 0 Å². The van der Waals surface area contributed by atoms with E-state index in [4.69, 9.17) is 0 Å². The van der Waals surface area contributed by atoms with Crippen LogP contribution >= 0.6 is 0 Å². The second-order valence-electron chi connectivity index (χ2n) is 1.95. The third-order valence-electron chi connectivity index (χ3n) is 0.726. The normalized spacial score (nSPS) is 9.88. The van der Waals surface area contributed by atoms with Crippen molar-refractivity contribution in [3.63, 3.8) is 0 Å². The highest BCUT2D eigenvalue weighted by atomic mass is 13.7. The molecule has 0 heteroatoms. The molecular formula is C8H13. The maximum atomic E-state index is 3.08. The van der Waals surface area contributed by atoms with Crippen LogP contribution in [0, 0.1) is 6.08 Å². The predicted molar refractivity (Wildman–Crippen MR) is 37.5 cm³/mol. The average Bonchev–Trinajstić information content (AvgIpc) is 1.66. The zero-order chi connectivity index (χ0) is 6.41. The van der Waals surface area contributed by atoms with Gasteiger partial charge < -0.3 is 0 Å². The van der Waals surface area contributed by atoms with Crippen molar-refractivity contribution in [3.05, 3.63) is 23.8 Å². The summed E-state index contributed by atoms with van der Waals surface area (Å²) in [5.41, 5.74) is 1.23. The largest absolute Gasteiger partial charge is 0.0842 e. The van der Waals surface area contributed by atoms with Crippen LogP contribution in [-0.4, -0.2) is 0 Å². The standard InChI is InChI=1S/C8H13/c1-4-5-6-7-8(2)3/h5-6H,4H2,1-3H3. The van der Waals surface area contributed by atoms with E-state index in [1.807, 2.05) is 19.9 Å². The smallest absolute Gasteiger partial charge is 0.0202 e. The molecule has 0 atom stereocenters. The predicted octanol–water partition coefficient (Wildman–Crippen LogP) is 2.72. The van der Waals surface area contributed by atoms with Crippen LogP contribution in [0.25, 0.3) is 0 Å². The van der Waals surface area contributed by atoms with Crippen LogP contribution in [-0.2, 0) is 0 Å². The summed E-state index contributed by atoms with van der Waals surface area (Å²) < 4.78 is 0. The molecule has 0 aliphatic heterocycles. The molecule has 45 valence electrons. The molecule has 0 aromatic rings. The first-order chi connectivity index (χ1) is 3.77. The maximum Gasteiger partial charge on any atom is -0.0202 e. The summed E-state index contributed by atoms with van der Waals surface area (Å²) >= 11 is 0.